The van der Waals surface area contributed by atoms with Gasteiger partial charge in [-0.3, -0.25) is 4.79 Å². The third-order valence-electron chi connectivity index (χ3n) is 4.18. The van der Waals surface area contributed by atoms with Gasteiger partial charge in [-0.25, -0.2) is 0 Å². The van der Waals surface area contributed by atoms with Gasteiger partial charge in [-0.1, -0.05) is 29.8 Å². The summed E-state index contributed by atoms with van der Waals surface area (Å²) in [5.74, 6) is 0.371. The molecule has 0 aliphatic carbocycles. The van der Waals surface area contributed by atoms with E-state index in [0.29, 0.717) is 32.8 Å². The molecule has 0 aliphatic rings. The SMILES string of the molecule is COc1cc(NC(=O)c2ccccc2)c(C)cc1NC(=S)Nc1ccc(Cl)cc1. The Bertz CT molecular complexity index is 1020. The van der Waals surface area contributed by atoms with Crippen molar-refractivity contribution in [3.8, 4) is 5.75 Å². The van der Waals surface area contributed by atoms with Gasteiger partial charge < -0.3 is 20.7 Å². The number of rotatable bonds is 5. The van der Waals surface area contributed by atoms with Crippen LogP contribution < -0.4 is 20.7 Å². The highest BCUT2D eigenvalue weighted by Gasteiger charge is 2.13. The fourth-order valence-electron chi connectivity index (χ4n) is 2.69. The van der Waals surface area contributed by atoms with Gasteiger partial charge in [0.05, 0.1) is 12.8 Å². The second kappa shape index (κ2) is 9.41. The Morgan fingerprint density at radius 2 is 1.62 bits per heavy atom. The van der Waals surface area contributed by atoms with Crippen molar-refractivity contribution in [1.82, 2.24) is 0 Å². The zero-order valence-corrected chi connectivity index (χ0v) is 17.5. The number of carbonyl (C=O) groups is 1. The van der Waals surface area contributed by atoms with Crippen LogP contribution in [0.3, 0.4) is 0 Å². The Morgan fingerprint density at radius 1 is 0.931 bits per heavy atom. The molecule has 3 N–H and O–H groups in total. The Labute approximate surface area is 180 Å². The van der Waals surface area contributed by atoms with E-state index in [0.717, 1.165) is 11.3 Å². The summed E-state index contributed by atoms with van der Waals surface area (Å²) < 4.78 is 5.48. The predicted octanol–water partition coefficient (Wildman–Crippen LogP) is 5.72. The zero-order chi connectivity index (χ0) is 20.8. The molecule has 3 aromatic carbocycles. The lowest BCUT2D eigenvalue weighted by atomic mass is 10.1. The van der Waals surface area contributed by atoms with E-state index in [1.807, 2.05) is 43.3 Å². The molecule has 0 heterocycles. The van der Waals surface area contributed by atoms with Crippen molar-refractivity contribution in [1.29, 1.82) is 0 Å². The molecule has 0 fully saturated rings. The van der Waals surface area contributed by atoms with Gasteiger partial charge in [-0.2, -0.15) is 0 Å². The van der Waals surface area contributed by atoms with Crippen LogP contribution in [0.15, 0.2) is 66.7 Å². The van der Waals surface area contributed by atoms with E-state index in [-0.39, 0.29) is 5.91 Å². The first-order valence-corrected chi connectivity index (χ1v) is 9.63. The van der Waals surface area contributed by atoms with Gasteiger partial charge in [0.1, 0.15) is 5.75 Å². The lowest BCUT2D eigenvalue weighted by molar-refractivity contribution is 0.102. The summed E-state index contributed by atoms with van der Waals surface area (Å²) in [6, 6.07) is 19.9. The second-order valence-electron chi connectivity index (χ2n) is 6.27. The van der Waals surface area contributed by atoms with Gasteiger partial charge >= 0.3 is 0 Å². The van der Waals surface area contributed by atoms with Crippen LogP contribution in [-0.4, -0.2) is 18.1 Å². The van der Waals surface area contributed by atoms with E-state index in [4.69, 9.17) is 28.6 Å². The lowest BCUT2D eigenvalue weighted by Gasteiger charge is -2.17. The molecule has 0 spiro atoms. The first-order valence-electron chi connectivity index (χ1n) is 8.85. The highest BCUT2D eigenvalue weighted by atomic mass is 35.5. The lowest BCUT2D eigenvalue weighted by Crippen LogP contribution is -2.20. The zero-order valence-electron chi connectivity index (χ0n) is 16.0. The van der Waals surface area contributed by atoms with Crippen LogP contribution >= 0.6 is 23.8 Å². The molecule has 0 aliphatic heterocycles. The van der Waals surface area contributed by atoms with Crippen LogP contribution in [0, 0.1) is 6.92 Å². The number of hydrogen-bond acceptors (Lipinski definition) is 3. The molecule has 0 atom stereocenters. The molecule has 0 bridgehead atoms. The third kappa shape index (κ3) is 5.47. The van der Waals surface area contributed by atoms with Gasteiger partial charge in [0.2, 0.25) is 0 Å². The molecular weight excluding hydrogens is 406 g/mol. The van der Waals surface area contributed by atoms with Crippen molar-refractivity contribution < 1.29 is 9.53 Å². The Kier molecular flexibility index (Phi) is 6.69. The summed E-state index contributed by atoms with van der Waals surface area (Å²) in [5, 5.41) is 10.2. The summed E-state index contributed by atoms with van der Waals surface area (Å²) in [6.07, 6.45) is 0. The standard InChI is InChI=1S/C22H20ClN3O2S/c1-14-12-19(26-22(29)24-17-10-8-16(23)9-11-17)20(28-2)13-18(14)25-21(27)15-6-4-3-5-7-15/h3-13H,1-2H3,(H,25,27)(H2,24,26,29). The van der Waals surface area contributed by atoms with Crippen LogP contribution in [0.25, 0.3) is 0 Å². The summed E-state index contributed by atoms with van der Waals surface area (Å²) in [5.41, 5.74) is 3.62. The second-order valence-corrected chi connectivity index (χ2v) is 7.12. The highest BCUT2D eigenvalue weighted by molar-refractivity contribution is 7.80. The monoisotopic (exact) mass is 425 g/mol. The van der Waals surface area contributed by atoms with E-state index in [2.05, 4.69) is 16.0 Å². The maximum Gasteiger partial charge on any atom is 0.255 e. The van der Waals surface area contributed by atoms with Gasteiger partial charge in [0.25, 0.3) is 5.91 Å². The molecule has 7 heteroatoms. The Morgan fingerprint density at radius 3 is 2.28 bits per heavy atom. The molecule has 0 saturated heterocycles. The number of thiocarbonyl (C=S) groups is 1. The smallest absolute Gasteiger partial charge is 0.255 e. The summed E-state index contributed by atoms with van der Waals surface area (Å²) in [6.45, 7) is 1.90. The molecule has 0 radical (unpaired) electrons. The largest absolute Gasteiger partial charge is 0.494 e. The molecule has 3 aromatic rings. The number of halogens is 1. The number of anilines is 3. The minimum absolute atomic E-state index is 0.184. The molecule has 0 aromatic heterocycles. The van der Waals surface area contributed by atoms with Crippen LogP contribution in [0.2, 0.25) is 5.02 Å². The topological polar surface area (TPSA) is 62.4 Å². The fourth-order valence-corrected chi connectivity index (χ4v) is 3.04. The number of ether oxygens (including phenoxy) is 1. The number of hydrogen-bond donors (Lipinski definition) is 3. The summed E-state index contributed by atoms with van der Waals surface area (Å²) >= 11 is 11.3. The highest BCUT2D eigenvalue weighted by Crippen LogP contribution is 2.31. The van der Waals surface area contributed by atoms with Crippen molar-refractivity contribution in [2.45, 2.75) is 6.92 Å². The van der Waals surface area contributed by atoms with Crippen molar-refractivity contribution in [2.75, 3.05) is 23.1 Å². The van der Waals surface area contributed by atoms with Gasteiger partial charge in [0.15, 0.2) is 5.11 Å². The predicted molar refractivity (Wildman–Crippen MR) is 123 cm³/mol. The maximum atomic E-state index is 12.4. The summed E-state index contributed by atoms with van der Waals surface area (Å²) in [4.78, 5) is 12.4. The number of methoxy groups -OCH3 is 1. The molecule has 1 amide bonds. The van der Waals surface area contributed by atoms with E-state index in [9.17, 15) is 4.79 Å². The molecule has 5 nitrogen and oxygen atoms in total. The van der Waals surface area contributed by atoms with Crippen LogP contribution in [0.4, 0.5) is 17.1 Å². The Hall–Kier alpha value is -3.09. The Balaban J connectivity index is 1.74. The van der Waals surface area contributed by atoms with E-state index in [1.54, 1.807) is 37.4 Å². The minimum Gasteiger partial charge on any atom is -0.494 e. The van der Waals surface area contributed by atoms with Crippen LogP contribution in [-0.2, 0) is 0 Å². The molecule has 3 rings (SSSR count). The molecule has 29 heavy (non-hydrogen) atoms. The minimum atomic E-state index is -0.184. The summed E-state index contributed by atoms with van der Waals surface area (Å²) in [7, 11) is 1.56. The first-order chi connectivity index (χ1) is 14.0. The average molecular weight is 426 g/mol. The van der Waals surface area contributed by atoms with Gasteiger partial charge in [-0.05, 0) is 67.2 Å². The number of amides is 1. The number of carbonyl (C=O) groups excluding carboxylic acids is 1. The maximum absolute atomic E-state index is 12.4. The van der Waals surface area contributed by atoms with Crippen molar-refractivity contribution >= 4 is 51.9 Å². The number of benzene rings is 3. The molecular formula is C22H20ClN3O2S. The van der Waals surface area contributed by atoms with Gasteiger partial charge in [-0.15, -0.1) is 0 Å². The van der Waals surface area contributed by atoms with E-state index in [1.165, 1.54) is 0 Å². The number of aryl methyl sites for hydroxylation is 1. The first kappa shape index (κ1) is 20.6. The quantitative estimate of drug-likeness (QED) is 0.456. The molecule has 148 valence electrons. The van der Waals surface area contributed by atoms with Crippen molar-refractivity contribution in [2.24, 2.45) is 0 Å². The molecule has 0 saturated carbocycles. The van der Waals surface area contributed by atoms with Crippen LogP contribution in [0.1, 0.15) is 15.9 Å². The average Bonchev–Trinajstić information content (AvgIpc) is 2.72. The van der Waals surface area contributed by atoms with E-state index < -0.39 is 0 Å². The number of nitrogens with one attached hydrogen (secondary N) is 3. The molecule has 0 unspecified atom stereocenters. The van der Waals surface area contributed by atoms with Crippen molar-refractivity contribution in [3.05, 3.63) is 82.9 Å². The van der Waals surface area contributed by atoms with Gasteiger partial charge in [0, 0.05) is 28.0 Å². The fraction of sp³-hybridized carbons (Fsp3) is 0.0909. The van der Waals surface area contributed by atoms with Crippen molar-refractivity contribution in [3.63, 3.8) is 0 Å². The third-order valence-corrected chi connectivity index (χ3v) is 4.64. The van der Waals surface area contributed by atoms with Crippen LogP contribution in [0.5, 0.6) is 5.75 Å². The normalized spacial score (nSPS) is 10.2. The van der Waals surface area contributed by atoms with E-state index >= 15 is 0 Å².